The Morgan fingerprint density at radius 3 is 2.60 bits per heavy atom. The summed E-state index contributed by atoms with van der Waals surface area (Å²) in [6, 6.07) is 8.54. The largest absolute Gasteiger partial charge is 0.383 e. The zero-order chi connectivity index (χ0) is 15.2. The summed E-state index contributed by atoms with van der Waals surface area (Å²) in [6.45, 7) is 4.31. The molecule has 1 aromatic carbocycles. The monoisotopic (exact) mass is 296 g/mol. The highest BCUT2D eigenvalue weighted by molar-refractivity contribution is 7.88. The van der Waals surface area contributed by atoms with Crippen molar-refractivity contribution >= 4 is 10.0 Å². The van der Waals surface area contributed by atoms with Crippen molar-refractivity contribution in [1.29, 1.82) is 5.26 Å². The highest BCUT2D eigenvalue weighted by Gasteiger charge is 2.26. The smallest absolute Gasteiger partial charge is 0.218 e. The van der Waals surface area contributed by atoms with E-state index < -0.39 is 10.0 Å². The SMILES string of the molecule is CCN(C(C)COC)S(=O)(=O)Cc1ccccc1C#N. The highest BCUT2D eigenvalue weighted by atomic mass is 32.2. The number of ether oxygens (including phenoxy) is 1. The van der Waals surface area contributed by atoms with E-state index in [-0.39, 0.29) is 11.8 Å². The second kappa shape index (κ2) is 7.39. The molecule has 110 valence electrons. The Hall–Kier alpha value is -1.42. The molecule has 0 saturated heterocycles. The third-order valence-electron chi connectivity index (χ3n) is 3.04. The number of nitrogens with zero attached hydrogens (tertiary/aromatic N) is 2. The van der Waals surface area contributed by atoms with Gasteiger partial charge in [0, 0.05) is 19.7 Å². The van der Waals surface area contributed by atoms with Gasteiger partial charge < -0.3 is 4.74 Å². The van der Waals surface area contributed by atoms with E-state index in [2.05, 4.69) is 0 Å². The maximum Gasteiger partial charge on any atom is 0.218 e. The molecule has 0 aliphatic heterocycles. The number of hydrogen-bond acceptors (Lipinski definition) is 4. The molecule has 0 radical (unpaired) electrons. The molecule has 1 atom stereocenters. The summed E-state index contributed by atoms with van der Waals surface area (Å²) in [5.41, 5.74) is 0.921. The van der Waals surface area contributed by atoms with Gasteiger partial charge >= 0.3 is 0 Å². The average Bonchev–Trinajstić information content (AvgIpc) is 2.39. The molecular weight excluding hydrogens is 276 g/mol. The first-order chi connectivity index (χ1) is 9.46. The lowest BCUT2D eigenvalue weighted by atomic mass is 10.1. The number of nitriles is 1. The van der Waals surface area contributed by atoms with Gasteiger partial charge in [-0.15, -0.1) is 0 Å². The second-order valence-corrected chi connectivity index (χ2v) is 6.45. The summed E-state index contributed by atoms with van der Waals surface area (Å²) >= 11 is 0. The lowest BCUT2D eigenvalue weighted by Crippen LogP contribution is -2.41. The standard InChI is InChI=1S/C14H20N2O3S/c1-4-16(12(2)10-19-3)20(17,18)11-14-8-6-5-7-13(14)9-15/h5-8,12H,4,10-11H2,1-3H3. The Labute approximate surface area is 120 Å². The molecule has 1 rings (SSSR count). The minimum Gasteiger partial charge on any atom is -0.383 e. The van der Waals surface area contributed by atoms with Crippen LogP contribution in [-0.2, 0) is 20.5 Å². The number of benzene rings is 1. The maximum absolute atomic E-state index is 12.5. The van der Waals surface area contributed by atoms with E-state index in [0.717, 1.165) is 0 Å². The van der Waals surface area contributed by atoms with E-state index in [9.17, 15) is 8.42 Å². The van der Waals surface area contributed by atoms with E-state index in [4.69, 9.17) is 10.00 Å². The molecule has 5 nitrogen and oxygen atoms in total. The molecule has 0 spiro atoms. The number of methoxy groups -OCH3 is 1. The number of likely N-dealkylation sites (N-methyl/N-ethyl adjacent to an activating group) is 1. The summed E-state index contributed by atoms with van der Waals surface area (Å²) < 4.78 is 31.4. The van der Waals surface area contributed by atoms with Gasteiger partial charge in [0.2, 0.25) is 10.0 Å². The van der Waals surface area contributed by atoms with Crippen LogP contribution in [0.4, 0.5) is 0 Å². The van der Waals surface area contributed by atoms with Crippen molar-refractivity contribution in [3.8, 4) is 6.07 Å². The van der Waals surface area contributed by atoms with E-state index in [0.29, 0.717) is 24.3 Å². The van der Waals surface area contributed by atoms with Crippen LogP contribution in [0.25, 0.3) is 0 Å². The number of rotatable bonds is 7. The molecule has 0 fully saturated rings. The van der Waals surface area contributed by atoms with Crippen molar-refractivity contribution < 1.29 is 13.2 Å². The van der Waals surface area contributed by atoms with Crippen LogP contribution in [0.3, 0.4) is 0 Å². The molecule has 1 unspecified atom stereocenters. The Balaban J connectivity index is 3.01. The van der Waals surface area contributed by atoms with Gasteiger partial charge in [0.25, 0.3) is 0 Å². The third-order valence-corrected chi connectivity index (χ3v) is 5.05. The van der Waals surface area contributed by atoms with Crippen molar-refractivity contribution in [3.05, 3.63) is 35.4 Å². The van der Waals surface area contributed by atoms with E-state index in [1.54, 1.807) is 45.2 Å². The number of hydrogen-bond donors (Lipinski definition) is 0. The minimum absolute atomic E-state index is 0.168. The van der Waals surface area contributed by atoms with Crippen molar-refractivity contribution in [1.82, 2.24) is 4.31 Å². The molecule has 0 aliphatic carbocycles. The first-order valence-corrected chi connectivity index (χ1v) is 8.03. The number of sulfonamides is 1. The van der Waals surface area contributed by atoms with Gasteiger partial charge in [-0.25, -0.2) is 8.42 Å². The molecule has 20 heavy (non-hydrogen) atoms. The molecular formula is C14H20N2O3S. The van der Waals surface area contributed by atoms with Crippen LogP contribution in [0.5, 0.6) is 0 Å². The van der Waals surface area contributed by atoms with Gasteiger partial charge in [0.05, 0.1) is 24.0 Å². The topological polar surface area (TPSA) is 70.4 Å². The highest BCUT2D eigenvalue weighted by Crippen LogP contribution is 2.16. The van der Waals surface area contributed by atoms with Gasteiger partial charge in [-0.2, -0.15) is 9.57 Å². The summed E-state index contributed by atoms with van der Waals surface area (Å²) in [6.07, 6.45) is 0. The van der Waals surface area contributed by atoms with Crippen LogP contribution >= 0.6 is 0 Å². The normalized spacial score (nSPS) is 13.2. The predicted molar refractivity (Wildman–Crippen MR) is 77.5 cm³/mol. The van der Waals surface area contributed by atoms with Crippen LogP contribution in [-0.4, -0.2) is 39.0 Å². The van der Waals surface area contributed by atoms with E-state index >= 15 is 0 Å². The van der Waals surface area contributed by atoms with Gasteiger partial charge in [0.15, 0.2) is 0 Å². The minimum atomic E-state index is -3.48. The summed E-state index contributed by atoms with van der Waals surface area (Å²) in [4.78, 5) is 0. The summed E-state index contributed by atoms with van der Waals surface area (Å²) in [5, 5.41) is 9.03. The molecule has 0 heterocycles. The quantitative estimate of drug-likeness (QED) is 0.768. The summed E-state index contributed by atoms with van der Waals surface area (Å²) in [7, 11) is -1.93. The molecule has 0 aliphatic rings. The van der Waals surface area contributed by atoms with Crippen LogP contribution in [0.2, 0.25) is 0 Å². The Morgan fingerprint density at radius 2 is 2.05 bits per heavy atom. The zero-order valence-corrected chi connectivity index (χ0v) is 12.9. The molecule has 0 amide bonds. The molecule has 6 heteroatoms. The Bertz CT molecular complexity index is 578. The Kier molecular flexibility index (Phi) is 6.14. The molecule has 1 aromatic rings. The second-order valence-electron chi connectivity index (χ2n) is 4.53. The van der Waals surface area contributed by atoms with Crippen LogP contribution in [0.15, 0.2) is 24.3 Å². The van der Waals surface area contributed by atoms with Gasteiger partial charge in [0.1, 0.15) is 0 Å². The molecule has 0 bridgehead atoms. The lowest BCUT2D eigenvalue weighted by Gasteiger charge is -2.26. The van der Waals surface area contributed by atoms with E-state index in [1.807, 2.05) is 6.07 Å². The fourth-order valence-corrected chi connectivity index (χ4v) is 3.95. The first-order valence-electron chi connectivity index (χ1n) is 6.42. The van der Waals surface area contributed by atoms with Gasteiger partial charge in [-0.1, -0.05) is 25.1 Å². The van der Waals surface area contributed by atoms with Crippen molar-refractivity contribution in [2.45, 2.75) is 25.6 Å². The van der Waals surface area contributed by atoms with Crippen molar-refractivity contribution in [2.24, 2.45) is 0 Å². The first kappa shape index (κ1) is 16.6. The van der Waals surface area contributed by atoms with Crippen molar-refractivity contribution in [3.63, 3.8) is 0 Å². The summed E-state index contributed by atoms with van der Waals surface area (Å²) in [5.74, 6) is -0.168. The third kappa shape index (κ3) is 4.04. The van der Waals surface area contributed by atoms with Crippen LogP contribution < -0.4 is 0 Å². The van der Waals surface area contributed by atoms with Crippen LogP contribution in [0, 0.1) is 11.3 Å². The lowest BCUT2D eigenvalue weighted by molar-refractivity contribution is 0.142. The molecule has 0 N–H and O–H groups in total. The molecule has 0 saturated carbocycles. The Morgan fingerprint density at radius 1 is 1.40 bits per heavy atom. The zero-order valence-electron chi connectivity index (χ0n) is 12.0. The maximum atomic E-state index is 12.5. The average molecular weight is 296 g/mol. The molecule has 0 aromatic heterocycles. The predicted octanol–water partition coefficient (Wildman–Crippen LogP) is 1.74. The van der Waals surface area contributed by atoms with Gasteiger partial charge in [-0.3, -0.25) is 0 Å². The van der Waals surface area contributed by atoms with Crippen molar-refractivity contribution in [2.75, 3.05) is 20.3 Å². The van der Waals surface area contributed by atoms with Crippen LogP contribution in [0.1, 0.15) is 25.0 Å². The fraction of sp³-hybridized carbons (Fsp3) is 0.500. The fourth-order valence-electron chi connectivity index (χ4n) is 2.14. The van der Waals surface area contributed by atoms with E-state index in [1.165, 1.54) is 4.31 Å². The van der Waals surface area contributed by atoms with Gasteiger partial charge in [-0.05, 0) is 18.6 Å².